The van der Waals surface area contributed by atoms with Gasteiger partial charge >= 0.3 is 24.2 Å². The molecule has 0 spiro atoms. The van der Waals surface area contributed by atoms with Crippen LogP contribution in [-0.2, 0) is 55.6 Å². The van der Waals surface area contributed by atoms with Crippen molar-refractivity contribution in [2.45, 2.75) is 123 Å². The number of rotatable bonds is 25. The largest absolute Gasteiger partial charge is 0.458 e. The van der Waals surface area contributed by atoms with Crippen LogP contribution >= 0.6 is 0 Å². The summed E-state index contributed by atoms with van der Waals surface area (Å²) >= 11 is 0. The van der Waals surface area contributed by atoms with Crippen LogP contribution < -0.4 is 37.3 Å². The van der Waals surface area contributed by atoms with Crippen LogP contribution in [0.4, 0.5) is 20.1 Å². The van der Waals surface area contributed by atoms with Gasteiger partial charge in [-0.1, -0.05) is 66.5 Å². The van der Waals surface area contributed by atoms with E-state index < -0.39 is 41.4 Å². The summed E-state index contributed by atoms with van der Waals surface area (Å²) in [5, 5.41) is 24.2. The molecule has 74 heavy (non-hydrogen) atoms. The van der Waals surface area contributed by atoms with Gasteiger partial charge in [0.2, 0.25) is 5.91 Å². The Hall–Kier alpha value is -7.06. The lowest BCUT2D eigenvalue weighted by atomic mass is 9.86. The van der Waals surface area contributed by atoms with Gasteiger partial charge < -0.3 is 65.5 Å². The number of carbonyl (C=O) groups excluding carboxylic acids is 6. The molecule has 20 nitrogen and oxygen atoms in total. The van der Waals surface area contributed by atoms with Crippen LogP contribution in [0.2, 0.25) is 0 Å². The van der Waals surface area contributed by atoms with E-state index in [2.05, 4.69) is 35.1 Å². The summed E-state index contributed by atoms with van der Waals surface area (Å²) in [5.41, 5.74) is 6.94. The zero-order valence-electron chi connectivity index (χ0n) is 43.9. The molecule has 1 unspecified atom stereocenters. The van der Waals surface area contributed by atoms with Gasteiger partial charge in [0.25, 0.3) is 5.56 Å². The molecule has 0 fully saturated rings. The predicted octanol–water partition coefficient (Wildman–Crippen LogP) is 5.70. The number of nitrogens with two attached hydrogens (primary N) is 1. The third-order valence-corrected chi connectivity index (χ3v) is 13.9. The Bertz CT molecular complexity index is 2760. The molecule has 2 aliphatic heterocycles. The first-order chi connectivity index (χ1) is 35.2. The fourth-order valence-electron chi connectivity index (χ4n) is 9.33. The van der Waals surface area contributed by atoms with Crippen molar-refractivity contribution in [1.82, 2.24) is 35.3 Å². The van der Waals surface area contributed by atoms with Gasteiger partial charge in [0.15, 0.2) is 5.60 Å². The number of hydrogen-bond donors (Lipinski definition) is 6. The Balaban J connectivity index is 1.01. The van der Waals surface area contributed by atoms with E-state index in [1.54, 1.807) is 74.1 Å². The third-order valence-electron chi connectivity index (χ3n) is 13.9. The van der Waals surface area contributed by atoms with Crippen LogP contribution in [-0.4, -0.2) is 119 Å². The SMILES string of the molecule is CCc1c2c(nc3ccc(OC(=O)N(C)CCN(C)C(=O)OCc4ccc(NCC(C=O)(CCCNC(N)=O)NC(=O)[C@@H](NCCCCC(C)C)C(C)C)cc4)cc13)-c1cc3c(c(=O)n1C2)COC(=O)[C@]3(O)CC. The molecule has 20 heteroatoms. The van der Waals surface area contributed by atoms with Crippen LogP contribution in [0.25, 0.3) is 22.3 Å². The number of carbonyl (C=O) groups is 6. The molecule has 4 aromatic rings. The minimum absolute atomic E-state index is 0.0353. The maximum absolute atomic E-state index is 13.7. The van der Waals surface area contributed by atoms with Crippen LogP contribution in [0.15, 0.2) is 53.3 Å². The number of esters is 1. The molecule has 7 N–H and O–H groups in total. The predicted molar refractivity (Wildman–Crippen MR) is 279 cm³/mol. The van der Waals surface area contributed by atoms with Gasteiger partial charge in [-0.05, 0) is 98.0 Å². The minimum Gasteiger partial charge on any atom is -0.458 e. The first kappa shape index (κ1) is 56.2. The number of ether oxygens (including phenoxy) is 3. The monoisotopic (exact) mass is 1020 g/mol. The number of aromatic nitrogens is 2. The number of anilines is 1. The number of amides is 5. The van der Waals surface area contributed by atoms with E-state index in [9.17, 15) is 38.7 Å². The van der Waals surface area contributed by atoms with Gasteiger partial charge in [-0.3, -0.25) is 9.59 Å². The molecule has 2 aromatic heterocycles. The molecule has 0 saturated carbocycles. The minimum atomic E-state index is -1.94. The summed E-state index contributed by atoms with van der Waals surface area (Å²) in [6.45, 7) is 13.1. The normalized spacial score (nSPS) is 15.8. The molecule has 0 saturated heterocycles. The highest BCUT2D eigenvalue weighted by atomic mass is 16.6. The van der Waals surface area contributed by atoms with Crippen molar-refractivity contribution in [2.75, 3.05) is 52.1 Å². The number of nitrogens with zero attached hydrogens (tertiary/aromatic N) is 4. The molecule has 4 heterocycles. The van der Waals surface area contributed by atoms with E-state index >= 15 is 0 Å². The van der Waals surface area contributed by atoms with Gasteiger partial charge in [0.1, 0.15) is 30.8 Å². The molecule has 0 bridgehead atoms. The van der Waals surface area contributed by atoms with E-state index in [0.29, 0.717) is 53.5 Å². The van der Waals surface area contributed by atoms with Crippen molar-refractivity contribution in [3.63, 3.8) is 0 Å². The second kappa shape index (κ2) is 24.8. The number of unbranched alkanes of at least 4 members (excludes halogenated alkanes) is 1. The molecule has 2 aliphatic rings. The van der Waals surface area contributed by atoms with Crippen molar-refractivity contribution in [1.29, 1.82) is 0 Å². The number of benzene rings is 2. The van der Waals surface area contributed by atoms with Crippen molar-refractivity contribution in [2.24, 2.45) is 17.6 Å². The lowest BCUT2D eigenvalue weighted by molar-refractivity contribution is -0.172. The quantitative estimate of drug-likeness (QED) is 0.0233. The number of aldehydes is 1. The Morgan fingerprint density at radius 1 is 0.959 bits per heavy atom. The van der Waals surface area contributed by atoms with E-state index in [1.165, 1.54) is 9.80 Å². The highest BCUT2D eigenvalue weighted by Gasteiger charge is 2.45. The number of aryl methyl sites for hydroxylation is 1. The number of fused-ring (bicyclic) bond motifs is 5. The van der Waals surface area contributed by atoms with Gasteiger partial charge in [-0.2, -0.15) is 0 Å². The number of primary amides is 1. The van der Waals surface area contributed by atoms with Gasteiger partial charge in [-0.15, -0.1) is 0 Å². The molecule has 3 atom stereocenters. The average Bonchev–Trinajstić information content (AvgIpc) is 3.75. The zero-order valence-corrected chi connectivity index (χ0v) is 43.9. The highest BCUT2D eigenvalue weighted by Crippen LogP contribution is 2.41. The maximum Gasteiger partial charge on any atom is 0.415 e. The number of aliphatic hydroxyl groups is 1. The summed E-state index contributed by atoms with van der Waals surface area (Å²) in [4.78, 5) is 98.1. The standard InChI is InChI=1S/C54H73N9O11/c1-9-38-39-26-37(19-20-43(39)59-46-40(38)28-63-44(46)27-42-41(48(63)66)30-72-49(67)54(42,71)10-2)74-52(70)62(8)25-24-61(7)51(69)73-29-35-15-17-36(18-16-35)58-31-53(32-64,21-13-23-57-50(55)68)60-47(65)45(34(5)6)56-22-12-11-14-33(3)4/h15-20,26-27,32-34,45,56,58,71H,9-14,21-25,28-31H2,1-8H3,(H,60,65)(H3,55,57,68)/t45-,53?,54-/m0/s1. The molecule has 5 amide bonds. The van der Waals surface area contributed by atoms with Crippen molar-refractivity contribution >= 4 is 53.0 Å². The van der Waals surface area contributed by atoms with Crippen molar-refractivity contribution in [3.05, 3.63) is 86.7 Å². The van der Waals surface area contributed by atoms with E-state index in [-0.39, 0.29) is 93.0 Å². The summed E-state index contributed by atoms with van der Waals surface area (Å²) < 4.78 is 18.1. The molecule has 2 aromatic carbocycles. The molecular weight excluding hydrogens is 951 g/mol. The maximum atomic E-state index is 13.7. The average molecular weight is 1020 g/mol. The van der Waals surface area contributed by atoms with Gasteiger partial charge in [0.05, 0.1) is 35.1 Å². The second-order valence-corrected chi connectivity index (χ2v) is 20.1. The molecule has 0 aliphatic carbocycles. The summed E-state index contributed by atoms with van der Waals surface area (Å²) in [6, 6.07) is 12.7. The summed E-state index contributed by atoms with van der Waals surface area (Å²) in [5.74, 6) is -0.232. The van der Waals surface area contributed by atoms with Crippen molar-refractivity contribution in [3.8, 4) is 17.1 Å². The summed E-state index contributed by atoms with van der Waals surface area (Å²) in [7, 11) is 3.12. The zero-order chi connectivity index (χ0) is 53.9. The molecular formula is C54H73N9O11. The van der Waals surface area contributed by atoms with E-state index in [0.717, 1.165) is 42.1 Å². The number of nitrogens with one attached hydrogen (secondary N) is 4. The van der Waals surface area contributed by atoms with Crippen LogP contribution in [0.5, 0.6) is 5.75 Å². The first-order valence-corrected chi connectivity index (χ1v) is 25.6. The van der Waals surface area contributed by atoms with Crippen LogP contribution in [0.1, 0.15) is 108 Å². The van der Waals surface area contributed by atoms with E-state index in [4.69, 9.17) is 24.9 Å². The lowest BCUT2D eigenvalue weighted by Gasteiger charge is -2.33. The molecule has 400 valence electrons. The van der Waals surface area contributed by atoms with Gasteiger partial charge in [0, 0.05) is 62.5 Å². The summed E-state index contributed by atoms with van der Waals surface area (Å²) in [6.07, 6.45) is 3.79. The lowest BCUT2D eigenvalue weighted by Crippen LogP contribution is -2.60. The number of cyclic esters (lactones) is 1. The smallest absolute Gasteiger partial charge is 0.415 e. The first-order valence-electron chi connectivity index (χ1n) is 25.6. The number of urea groups is 1. The fraction of sp³-hybridized carbons (Fsp3) is 0.519. The topological polar surface area (TPSA) is 266 Å². The number of pyridine rings is 2. The van der Waals surface area contributed by atoms with Gasteiger partial charge in [-0.25, -0.2) is 24.2 Å². The highest BCUT2D eigenvalue weighted by molar-refractivity contribution is 5.91. The number of likely N-dealkylation sites (N-methyl/N-ethyl adjacent to an activating group) is 2. The second-order valence-electron chi connectivity index (χ2n) is 20.1. The molecule has 0 radical (unpaired) electrons. The Kier molecular flexibility index (Phi) is 18.8. The van der Waals surface area contributed by atoms with Crippen molar-refractivity contribution < 1.29 is 48.1 Å². The Morgan fingerprint density at radius 3 is 2.32 bits per heavy atom. The fourth-order valence-corrected chi connectivity index (χ4v) is 9.33. The van der Waals surface area contributed by atoms with E-state index in [1.807, 2.05) is 20.8 Å². The Morgan fingerprint density at radius 2 is 1.68 bits per heavy atom. The number of hydrogen-bond acceptors (Lipinski definition) is 14. The molecule has 6 rings (SSSR count). The van der Waals surface area contributed by atoms with Crippen LogP contribution in [0, 0.1) is 11.8 Å². The third kappa shape index (κ3) is 13.2. The Labute approximate surface area is 432 Å². The van der Waals surface area contributed by atoms with Crippen LogP contribution in [0.3, 0.4) is 0 Å².